The summed E-state index contributed by atoms with van der Waals surface area (Å²) in [4.78, 5) is 13.2. The maximum atomic E-state index is 12.5. The van der Waals surface area contributed by atoms with Gasteiger partial charge in [-0.15, -0.1) is 12.4 Å². The van der Waals surface area contributed by atoms with Crippen LogP contribution < -0.4 is 5.73 Å². The minimum atomic E-state index is -4.37. The number of carbonyl (C=O) groups excluding carboxylic acids is 1. The van der Waals surface area contributed by atoms with E-state index in [9.17, 15) is 18.0 Å². The molecule has 1 rings (SSSR count). The summed E-state index contributed by atoms with van der Waals surface area (Å²) >= 11 is 0. The maximum absolute atomic E-state index is 12.5. The van der Waals surface area contributed by atoms with Gasteiger partial charge in [-0.2, -0.15) is 13.2 Å². The van der Waals surface area contributed by atoms with Crippen LogP contribution in [0.15, 0.2) is 24.3 Å². The van der Waals surface area contributed by atoms with E-state index in [-0.39, 0.29) is 37.3 Å². The van der Waals surface area contributed by atoms with Gasteiger partial charge < -0.3 is 10.6 Å². The van der Waals surface area contributed by atoms with Crippen LogP contribution in [-0.4, -0.2) is 24.4 Å². The van der Waals surface area contributed by atoms with Gasteiger partial charge in [0.2, 0.25) is 5.91 Å². The zero-order valence-corrected chi connectivity index (χ0v) is 12.1. The third kappa shape index (κ3) is 5.02. The maximum Gasteiger partial charge on any atom is 0.416 e. The number of hydrogen-bond donors (Lipinski definition) is 1. The number of hydrogen-bond acceptors (Lipinski definition) is 2. The molecule has 2 N–H and O–H groups in total. The lowest BCUT2D eigenvalue weighted by Crippen LogP contribution is -2.34. The molecule has 0 aromatic heterocycles. The van der Waals surface area contributed by atoms with Crippen LogP contribution >= 0.6 is 12.4 Å². The van der Waals surface area contributed by atoms with E-state index >= 15 is 0 Å². The molecule has 7 heteroatoms. The van der Waals surface area contributed by atoms with Crippen LogP contribution in [0.4, 0.5) is 13.2 Å². The normalized spacial score (nSPS) is 12.5. The third-order valence-corrected chi connectivity index (χ3v) is 2.83. The Morgan fingerprint density at radius 3 is 2.50 bits per heavy atom. The Morgan fingerprint density at radius 1 is 1.40 bits per heavy atom. The molecule has 0 aliphatic heterocycles. The number of benzene rings is 1. The van der Waals surface area contributed by atoms with Gasteiger partial charge in [0.25, 0.3) is 0 Å². The minimum absolute atomic E-state index is 0. The van der Waals surface area contributed by atoms with Gasteiger partial charge in [-0.25, -0.2) is 0 Å². The van der Waals surface area contributed by atoms with Crippen molar-refractivity contribution in [2.24, 2.45) is 11.7 Å². The zero-order chi connectivity index (χ0) is 14.6. The fourth-order valence-electron chi connectivity index (χ4n) is 1.67. The second-order valence-electron chi connectivity index (χ2n) is 4.53. The lowest BCUT2D eigenvalue weighted by molar-refractivity contribution is -0.137. The quantitative estimate of drug-likeness (QED) is 0.929. The number of nitrogens with zero attached hydrogens (tertiary/aromatic N) is 1. The minimum Gasteiger partial charge on any atom is -0.341 e. The summed E-state index contributed by atoms with van der Waals surface area (Å²) in [5.74, 6) is -0.518. The molecule has 3 nitrogen and oxygen atoms in total. The van der Waals surface area contributed by atoms with Crippen LogP contribution in [0.3, 0.4) is 0 Å². The molecule has 1 aromatic rings. The first-order valence-electron chi connectivity index (χ1n) is 5.87. The molecular weight excluding hydrogens is 293 g/mol. The first kappa shape index (κ1) is 18.7. The molecule has 1 unspecified atom stereocenters. The Hall–Kier alpha value is -1.27. The Morgan fingerprint density at radius 2 is 2.00 bits per heavy atom. The molecule has 1 aromatic carbocycles. The molecule has 0 radical (unpaired) electrons. The van der Waals surface area contributed by atoms with E-state index in [1.807, 2.05) is 0 Å². The van der Waals surface area contributed by atoms with Crippen LogP contribution in [0, 0.1) is 5.92 Å². The molecule has 1 atom stereocenters. The van der Waals surface area contributed by atoms with Gasteiger partial charge in [0.15, 0.2) is 0 Å². The van der Waals surface area contributed by atoms with Crippen molar-refractivity contribution in [2.75, 3.05) is 13.6 Å². The van der Waals surface area contributed by atoms with Crippen LogP contribution in [0.25, 0.3) is 0 Å². The Balaban J connectivity index is 0.00000361. The number of alkyl halides is 3. The van der Waals surface area contributed by atoms with Gasteiger partial charge in [0.1, 0.15) is 0 Å². The molecule has 0 heterocycles. The summed E-state index contributed by atoms with van der Waals surface area (Å²) in [6.07, 6.45) is -4.37. The van der Waals surface area contributed by atoms with Gasteiger partial charge in [-0.1, -0.05) is 19.1 Å². The first-order chi connectivity index (χ1) is 8.75. The number of nitrogens with two attached hydrogens (primary N) is 1. The summed E-state index contributed by atoms with van der Waals surface area (Å²) in [7, 11) is 1.55. The van der Waals surface area contributed by atoms with Gasteiger partial charge in [0, 0.05) is 26.1 Å². The summed E-state index contributed by atoms with van der Waals surface area (Å²) < 4.78 is 37.6. The highest BCUT2D eigenvalue weighted by Crippen LogP contribution is 2.29. The number of amides is 1. The van der Waals surface area contributed by atoms with Crippen molar-refractivity contribution < 1.29 is 18.0 Å². The second-order valence-corrected chi connectivity index (χ2v) is 4.53. The number of carbonyl (C=O) groups is 1. The van der Waals surface area contributed by atoms with E-state index in [1.165, 1.54) is 11.0 Å². The van der Waals surface area contributed by atoms with Gasteiger partial charge in [-0.3, -0.25) is 4.79 Å². The predicted octanol–water partition coefficient (Wildman–Crippen LogP) is 2.68. The van der Waals surface area contributed by atoms with E-state index in [0.717, 1.165) is 12.1 Å². The van der Waals surface area contributed by atoms with Crippen molar-refractivity contribution in [1.29, 1.82) is 0 Å². The monoisotopic (exact) mass is 310 g/mol. The van der Waals surface area contributed by atoms with Gasteiger partial charge in [0.05, 0.1) is 5.56 Å². The summed E-state index contributed by atoms with van der Waals surface area (Å²) in [5, 5.41) is 0. The smallest absolute Gasteiger partial charge is 0.341 e. The van der Waals surface area contributed by atoms with Crippen molar-refractivity contribution >= 4 is 18.3 Å². The average Bonchev–Trinajstić information content (AvgIpc) is 2.36. The summed E-state index contributed by atoms with van der Waals surface area (Å²) in [6.45, 7) is 2.03. The number of halogens is 4. The molecule has 1 amide bonds. The SMILES string of the molecule is CC(CN)C(=O)N(C)Cc1cccc(C(F)(F)F)c1.Cl. The molecule has 0 aliphatic rings. The van der Waals surface area contributed by atoms with E-state index in [4.69, 9.17) is 5.73 Å². The van der Waals surface area contributed by atoms with Crippen molar-refractivity contribution in [3.05, 3.63) is 35.4 Å². The predicted molar refractivity (Wildman–Crippen MR) is 73.4 cm³/mol. The van der Waals surface area contributed by atoms with Crippen molar-refractivity contribution in [3.63, 3.8) is 0 Å². The third-order valence-electron chi connectivity index (χ3n) is 2.83. The highest BCUT2D eigenvalue weighted by Gasteiger charge is 2.30. The molecular formula is C13H18ClF3N2O. The van der Waals surface area contributed by atoms with Crippen molar-refractivity contribution in [3.8, 4) is 0 Å². The second kappa shape index (κ2) is 7.50. The fraction of sp³-hybridized carbons (Fsp3) is 0.462. The van der Waals surface area contributed by atoms with Gasteiger partial charge >= 0.3 is 6.18 Å². The van der Waals surface area contributed by atoms with E-state index in [1.54, 1.807) is 20.0 Å². The van der Waals surface area contributed by atoms with Crippen LogP contribution in [0.2, 0.25) is 0 Å². The lowest BCUT2D eigenvalue weighted by atomic mass is 10.1. The standard InChI is InChI=1S/C13H17F3N2O.ClH/c1-9(7-17)12(19)18(2)8-10-4-3-5-11(6-10)13(14,15)16;/h3-6,9H,7-8,17H2,1-2H3;1H. The molecule has 0 spiro atoms. The largest absolute Gasteiger partial charge is 0.416 e. The Labute approximate surface area is 122 Å². The van der Waals surface area contributed by atoms with Crippen LogP contribution in [0.5, 0.6) is 0 Å². The van der Waals surface area contributed by atoms with Crippen molar-refractivity contribution in [1.82, 2.24) is 4.90 Å². The molecule has 0 saturated heterocycles. The molecule has 114 valence electrons. The van der Waals surface area contributed by atoms with E-state index in [2.05, 4.69) is 0 Å². The fourth-order valence-corrected chi connectivity index (χ4v) is 1.67. The van der Waals surface area contributed by atoms with E-state index < -0.39 is 11.7 Å². The van der Waals surface area contributed by atoms with Crippen LogP contribution in [0.1, 0.15) is 18.1 Å². The zero-order valence-electron chi connectivity index (χ0n) is 11.3. The first-order valence-corrected chi connectivity index (χ1v) is 5.87. The number of rotatable bonds is 4. The Bertz CT molecular complexity index is 451. The molecule has 0 fully saturated rings. The highest BCUT2D eigenvalue weighted by atomic mass is 35.5. The van der Waals surface area contributed by atoms with Crippen molar-refractivity contribution in [2.45, 2.75) is 19.6 Å². The van der Waals surface area contributed by atoms with E-state index in [0.29, 0.717) is 5.56 Å². The van der Waals surface area contributed by atoms with Gasteiger partial charge in [-0.05, 0) is 17.7 Å². The molecule has 0 aliphatic carbocycles. The Kier molecular flexibility index (Phi) is 7.02. The summed E-state index contributed by atoms with van der Waals surface area (Å²) in [6, 6.07) is 4.96. The summed E-state index contributed by atoms with van der Waals surface area (Å²) in [5.41, 5.74) is 5.12. The molecule has 0 bridgehead atoms. The molecule has 20 heavy (non-hydrogen) atoms. The lowest BCUT2D eigenvalue weighted by Gasteiger charge is -2.21. The molecule has 0 saturated carbocycles. The highest BCUT2D eigenvalue weighted by molar-refractivity contribution is 5.85. The van der Waals surface area contributed by atoms with Crippen LogP contribution in [-0.2, 0) is 17.5 Å². The topological polar surface area (TPSA) is 46.3 Å². The average molecular weight is 311 g/mol.